The molecule has 5 aromatic carbocycles. The summed E-state index contributed by atoms with van der Waals surface area (Å²) in [5.74, 6) is -8.56. The molecule has 5 aromatic rings. The first kappa shape index (κ1) is 102. The summed E-state index contributed by atoms with van der Waals surface area (Å²) in [6, 6.07) is 49.7. The Bertz CT molecular complexity index is 3790. The molecular formula is C91H123FO30. The Morgan fingerprint density at radius 3 is 0.746 bits per heavy atom. The standard InChI is InChI=1S/C29H34O4.C21H26O5.C14H21FO6.C14H22O7.C13H20O8/c1-21-26(30)29(33-20-25-16-10-5-11-17-25)28(32-19-24-14-8-4-9-15-24)22(2)27(21)31-18-23-12-6-3-7-13-23;1-14-17(22)18(23)19(24)21(26-13-16-10-6-3-7-11-16)20(14)25-12-15-8-4-2-5-9-15;1-6-11(15)14(21-10(5)18)13(20-9(4)17)7(2)12(6)19-8(3)16;1-6-11(18)14(21-10(5)17)13(20-9(4)16)7(2)12(6)19-8(3)15;1-5-11(19-6(2)14)9(17)10(18)13(21-8(4)16)12(5)20-7(3)15/h3-17,21-22,26-30H,18-20H2,1-2H3;2-11,14,17-24H,12-13H2,1H3;6-7,11-14H,1-5H3;6-7,11-14,18H,1-5H3;5,9-13,17-18H,1-4H3/t21-,22-,26+,27?,28?,29?;14-,17?,18+,19+,20?,21?;6-,7-,11-,12?,13?,14?;6-,7-,11+,12?,13?,14?;5-,9-,10+,11?,12?,13?/m00000/s1/i;;15-1;;. The summed E-state index contributed by atoms with van der Waals surface area (Å²) in [7, 11) is 0. The third-order valence-corrected chi connectivity index (χ3v) is 22.1. The summed E-state index contributed by atoms with van der Waals surface area (Å²) in [6.45, 7) is 27.0. The highest BCUT2D eigenvalue weighted by molar-refractivity contribution is 5.70. The number of carbonyl (C=O) groups is 9. The zero-order chi connectivity index (χ0) is 90.5. The molecule has 674 valence electrons. The van der Waals surface area contributed by atoms with Gasteiger partial charge in [-0.1, -0.05) is 207 Å². The van der Waals surface area contributed by atoms with Crippen LogP contribution < -0.4 is 0 Å². The van der Waals surface area contributed by atoms with Gasteiger partial charge in [0.1, 0.15) is 85.5 Å². The van der Waals surface area contributed by atoms with Crippen molar-refractivity contribution >= 4 is 53.7 Å². The second-order valence-electron chi connectivity index (χ2n) is 31.7. The summed E-state index contributed by atoms with van der Waals surface area (Å²) >= 11 is 0. The number of alkyl halides is 1. The van der Waals surface area contributed by atoms with Crippen LogP contribution in [0.15, 0.2) is 152 Å². The molecule has 5 fully saturated rings. The van der Waals surface area contributed by atoms with E-state index in [-0.39, 0.29) is 30.0 Å². The van der Waals surface area contributed by atoms with Crippen molar-refractivity contribution < 1.29 is 150 Å². The first-order chi connectivity index (χ1) is 57.6. The van der Waals surface area contributed by atoms with Gasteiger partial charge in [-0.2, -0.15) is 0 Å². The van der Waals surface area contributed by atoms with Gasteiger partial charge in [-0.05, 0) is 27.8 Å². The van der Waals surface area contributed by atoms with Crippen molar-refractivity contribution in [3.63, 3.8) is 0 Å². The van der Waals surface area contributed by atoms with Crippen LogP contribution in [0, 0.1) is 47.3 Å². The van der Waals surface area contributed by atoms with E-state index in [2.05, 4.69) is 31.2 Å². The molecule has 5 aliphatic carbocycles. The van der Waals surface area contributed by atoms with E-state index in [1.54, 1.807) is 41.5 Å². The maximum atomic E-state index is 14.5. The van der Waals surface area contributed by atoms with E-state index in [9.17, 15) is 83.3 Å². The lowest BCUT2D eigenvalue weighted by Gasteiger charge is -2.47. The summed E-state index contributed by atoms with van der Waals surface area (Å²) in [5, 5.41) is 72.5. The molecular weight excluding hydrogens is 1590 g/mol. The van der Waals surface area contributed by atoms with E-state index in [0.29, 0.717) is 33.0 Å². The molecule has 30 nitrogen and oxygen atoms in total. The Morgan fingerprint density at radius 2 is 0.410 bits per heavy atom. The van der Waals surface area contributed by atoms with Crippen molar-refractivity contribution in [3.05, 3.63) is 179 Å². The molecule has 0 aromatic heterocycles. The van der Waals surface area contributed by atoms with Crippen molar-refractivity contribution in [3.8, 4) is 0 Å². The Kier molecular flexibility index (Phi) is 41.1. The topological polar surface area (TPSA) is 424 Å². The molecule has 0 saturated heterocycles. The van der Waals surface area contributed by atoms with E-state index >= 15 is 0 Å². The van der Waals surface area contributed by atoms with Gasteiger partial charge in [0.25, 0.3) is 0 Å². The van der Waals surface area contributed by atoms with Crippen LogP contribution in [0.2, 0.25) is 0 Å². The van der Waals surface area contributed by atoms with E-state index in [0.717, 1.165) is 55.5 Å². The predicted octanol–water partition coefficient (Wildman–Crippen LogP) is 8.27. The van der Waals surface area contributed by atoms with Gasteiger partial charge in [-0.3, -0.25) is 43.2 Å². The number of halogens is 1. The Balaban J connectivity index is 0.000000239. The zero-order valence-corrected chi connectivity index (χ0v) is 72.2. The second-order valence-corrected chi connectivity index (χ2v) is 31.7. The van der Waals surface area contributed by atoms with Gasteiger partial charge >= 0.3 is 53.7 Å². The van der Waals surface area contributed by atoms with E-state index < -0.39 is 205 Å². The van der Waals surface area contributed by atoms with Crippen molar-refractivity contribution in [2.24, 2.45) is 47.3 Å². The van der Waals surface area contributed by atoms with Crippen LogP contribution in [0.1, 0.15) is 146 Å². The molecule has 0 heterocycles. The van der Waals surface area contributed by atoms with Crippen LogP contribution >= 0.6 is 0 Å². The number of aliphatic hydroxyl groups is 7. The lowest BCUT2D eigenvalue weighted by Crippen LogP contribution is -2.63. The zero-order valence-electron chi connectivity index (χ0n) is 72.2. The van der Waals surface area contributed by atoms with E-state index in [4.69, 9.17) is 66.3 Å². The highest BCUT2D eigenvalue weighted by Gasteiger charge is 2.57. The lowest BCUT2D eigenvalue weighted by molar-refractivity contribution is -0.232. The number of benzene rings is 5. The average molecular weight is 1710 g/mol. The first-order valence-electron chi connectivity index (χ1n) is 40.9. The number of hydrogen-bond acceptors (Lipinski definition) is 30. The molecule has 0 amide bonds. The molecule has 0 spiro atoms. The third kappa shape index (κ3) is 29.8. The van der Waals surface area contributed by atoms with Crippen LogP contribution in [0.25, 0.3) is 0 Å². The molecule has 0 aliphatic heterocycles. The van der Waals surface area contributed by atoms with Crippen LogP contribution in [-0.2, 0) is 143 Å². The van der Waals surface area contributed by atoms with Crippen LogP contribution in [0.4, 0.5) is 4.39 Å². The molecule has 122 heavy (non-hydrogen) atoms. The van der Waals surface area contributed by atoms with Crippen LogP contribution in [0.3, 0.4) is 0 Å². The van der Waals surface area contributed by atoms with Gasteiger partial charge in [0.05, 0.1) is 63.6 Å². The highest BCUT2D eigenvalue weighted by atomic mass is 18.2. The summed E-state index contributed by atoms with van der Waals surface area (Å²) in [6.07, 6.45) is -20.9. The summed E-state index contributed by atoms with van der Waals surface area (Å²) in [4.78, 5) is 101. The minimum absolute atomic E-state index is 0.0524. The number of rotatable bonds is 24. The van der Waals surface area contributed by atoms with Crippen LogP contribution in [-0.4, -0.2) is 224 Å². The lowest BCUT2D eigenvalue weighted by atomic mass is 9.74. The Hall–Kier alpha value is -9.22. The van der Waals surface area contributed by atoms with Crippen molar-refractivity contribution in [2.75, 3.05) is 0 Å². The van der Waals surface area contributed by atoms with Crippen LogP contribution in [0.5, 0.6) is 0 Å². The minimum Gasteiger partial charge on any atom is -0.462 e. The fourth-order valence-corrected chi connectivity index (χ4v) is 16.0. The second kappa shape index (κ2) is 49.3. The smallest absolute Gasteiger partial charge is 0.303 e. The van der Waals surface area contributed by atoms with Crippen molar-refractivity contribution in [1.29, 1.82) is 0 Å². The molecule has 10 rings (SSSR count). The van der Waals surface area contributed by atoms with Gasteiger partial charge in [-0.25, -0.2) is 4.39 Å². The maximum absolute atomic E-state index is 14.5. The van der Waals surface area contributed by atoms with Crippen molar-refractivity contribution in [2.45, 2.75) is 285 Å². The molecule has 0 bridgehead atoms. The number of ether oxygens (including phenoxy) is 14. The SMILES string of the molecule is CC(=O)OC1C(OC(C)=O)[C@@H]([18F])[C@H](C)C(OC(C)=O)[C@@H]1C.CC(=O)OC1C(OC(C)=O)[C@H](O)[C@H](C)C(OC(C)=O)[C@@H]1C.CC(=O)OC1C(OC(C)=O)[C@H](O)[C@H](O)C(OC(C)=O)[C@@H]1C.C[C@@H]1C(OCc2ccccc2)C(OCc2ccccc2)[C@H](O)[C@H](C)C1OCc1ccccc1.C[C@@H]1C(OCc2ccccc2)C(OCc2ccccc2)[C@H](O)[C@H](O)C1O. The fraction of sp³-hybridized carbons (Fsp3) is 0.571. The van der Waals surface area contributed by atoms with Gasteiger partial charge in [0.15, 0.2) is 18.3 Å². The van der Waals surface area contributed by atoms with Gasteiger partial charge < -0.3 is 102 Å². The first-order valence-corrected chi connectivity index (χ1v) is 40.9. The van der Waals surface area contributed by atoms with Crippen molar-refractivity contribution in [1.82, 2.24) is 0 Å². The Morgan fingerprint density at radius 1 is 0.213 bits per heavy atom. The minimum atomic E-state index is -1.60. The van der Waals surface area contributed by atoms with Gasteiger partial charge in [-0.15, -0.1) is 0 Å². The summed E-state index contributed by atoms with van der Waals surface area (Å²) < 4.78 is 91.3. The third-order valence-electron chi connectivity index (χ3n) is 22.1. The fourth-order valence-electron chi connectivity index (χ4n) is 16.0. The highest BCUT2D eigenvalue weighted by Crippen LogP contribution is 2.42. The number of aliphatic hydroxyl groups excluding tert-OH is 7. The largest absolute Gasteiger partial charge is 0.462 e. The number of hydrogen-bond donors (Lipinski definition) is 7. The van der Waals surface area contributed by atoms with E-state index in [1.165, 1.54) is 34.6 Å². The van der Waals surface area contributed by atoms with Gasteiger partial charge in [0, 0.05) is 110 Å². The predicted molar refractivity (Wildman–Crippen MR) is 435 cm³/mol. The average Bonchev–Trinajstić information content (AvgIpc) is 0.801. The molecule has 30 atom stereocenters. The summed E-state index contributed by atoms with van der Waals surface area (Å²) in [5.41, 5.74) is 5.26. The van der Waals surface area contributed by atoms with Gasteiger partial charge in [0.2, 0.25) is 0 Å². The molecule has 7 N–H and O–H groups in total. The van der Waals surface area contributed by atoms with E-state index in [1.807, 2.05) is 134 Å². The molecule has 0 radical (unpaired) electrons. The maximum Gasteiger partial charge on any atom is 0.303 e. The molecule has 5 aliphatic rings. The molecule has 5 saturated carbocycles. The number of esters is 9. The molecule has 15 unspecified atom stereocenters. The normalized spacial score (nSPS) is 32.6. The quantitative estimate of drug-likeness (QED) is 0.0226. The number of carbonyl (C=O) groups excluding carboxylic acids is 9. The monoisotopic (exact) mass is 1710 g/mol. The Labute approximate surface area is 712 Å². The molecule has 31 heteroatoms.